The molecule has 7 heteroatoms. The highest BCUT2D eigenvalue weighted by molar-refractivity contribution is 9.10. The number of halogens is 1. The Bertz CT molecular complexity index is 1230. The Balaban J connectivity index is 1.59. The number of hydrogen-bond acceptors (Lipinski definition) is 5. The zero-order chi connectivity index (χ0) is 21.4. The van der Waals surface area contributed by atoms with Gasteiger partial charge >= 0.3 is 0 Å². The lowest BCUT2D eigenvalue weighted by Crippen LogP contribution is -2.32. The van der Waals surface area contributed by atoms with E-state index in [1.807, 2.05) is 66.7 Å². The lowest BCUT2D eigenvalue weighted by molar-refractivity contribution is -0.113. The molecule has 1 amide bonds. The second-order valence-corrected chi connectivity index (χ2v) is 7.84. The van der Waals surface area contributed by atoms with Gasteiger partial charge in [-0.1, -0.05) is 28.1 Å². The van der Waals surface area contributed by atoms with Crippen LogP contribution in [0.5, 0.6) is 17.2 Å². The van der Waals surface area contributed by atoms with Crippen molar-refractivity contribution in [3.8, 4) is 17.2 Å². The number of anilines is 1. The molecule has 2 aliphatic rings. The van der Waals surface area contributed by atoms with Crippen molar-refractivity contribution in [2.24, 2.45) is 4.99 Å². The standard InChI is InChI=1S/C24H17BrN2O4/c1-29-19-8-6-16(7-9-19)23-26-20(11-15-5-10-21-22(12-15)31-14-30-21)24(28)27(23)18-4-2-3-17(25)13-18/h2-13H,14H2,1H3/b20-11+. The van der Waals surface area contributed by atoms with E-state index in [9.17, 15) is 4.79 Å². The Kier molecular flexibility index (Phi) is 4.95. The molecule has 0 saturated carbocycles. The second-order valence-electron chi connectivity index (χ2n) is 6.93. The van der Waals surface area contributed by atoms with E-state index < -0.39 is 0 Å². The highest BCUT2D eigenvalue weighted by atomic mass is 79.9. The van der Waals surface area contributed by atoms with Gasteiger partial charge in [-0.3, -0.25) is 9.69 Å². The molecule has 2 heterocycles. The number of aliphatic imine (C=N–C) groups is 1. The zero-order valence-corrected chi connectivity index (χ0v) is 18.1. The Morgan fingerprint density at radius 1 is 1.03 bits per heavy atom. The Labute approximate surface area is 187 Å². The first kappa shape index (κ1) is 19.4. The quantitative estimate of drug-likeness (QED) is 0.496. The Morgan fingerprint density at radius 3 is 2.61 bits per heavy atom. The molecule has 31 heavy (non-hydrogen) atoms. The van der Waals surface area contributed by atoms with Gasteiger partial charge in [-0.05, 0) is 66.2 Å². The number of hydrogen-bond donors (Lipinski definition) is 0. The average Bonchev–Trinajstić information content (AvgIpc) is 3.38. The Morgan fingerprint density at radius 2 is 1.84 bits per heavy atom. The molecular weight excluding hydrogens is 460 g/mol. The number of methoxy groups -OCH3 is 1. The van der Waals surface area contributed by atoms with E-state index in [0.29, 0.717) is 23.0 Å². The van der Waals surface area contributed by atoms with Gasteiger partial charge in [0.2, 0.25) is 6.79 Å². The number of carbonyl (C=O) groups is 1. The molecular formula is C24H17BrN2O4. The van der Waals surface area contributed by atoms with Crippen LogP contribution >= 0.6 is 15.9 Å². The van der Waals surface area contributed by atoms with Crippen molar-refractivity contribution < 1.29 is 19.0 Å². The van der Waals surface area contributed by atoms with Crippen molar-refractivity contribution in [3.05, 3.63) is 88.0 Å². The van der Waals surface area contributed by atoms with Crippen molar-refractivity contribution in [2.75, 3.05) is 18.8 Å². The van der Waals surface area contributed by atoms with Gasteiger partial charge in [0.05, 0.1) is 12.8 Å². The van der Waals surface area contributed by atoms with Crippen molar-refractivity contribution >= 4 is 39.4 Å². The van der Waals surface area contributed by atoms with Gasteiger partial charge in [0, 0.05) is 10.0 Å². The number of amidine groups is 1. The smallest absolute Gasteiger partial charge is 0.282 e. The fourth-order valence-electron chi connectivity index (χ4n) is 3.47. The minimum Gasteiger partial charge on any atom is -0.497 e. The number of nitrogens with zero attached hydrogens (tertiary/aromatic N) is 2. The summed E-state index contributed by atoms with van der Waals surface area (Å²) in [5.41, 5.74) is 2.68. The fraction of sp³-hybridized carbons (Fsp3) is 0.0833. The normalized spacial score (nSPS) is 16.1. The predicted molar refractivity (Wildman–Crippen MR) is 122 cm³/mol. The molecule has 0 aliphatic carbocycles. The van der Waals surface area contributed by atoms with Gasteiger partial charge in [0.1, 0.15) is 17.3 Å². The predicted octanol–water partition coefficient (Wildman–Crippen LogP) is 5.02. The summed E-state index contributed by atoms with van der Waals surface area (Å²) in [7, 11) is 1.62. The van der Waals surface area contributed by atoms with Gasteiger partial charge in [0.25, 0.3) is 5.91 Å². The Hall–Kier alpha value is -3.58. The molecule has 154 valence electrons. The molecule has 0 radical (unpaired) electrons. The molecule has 3 aromatic rings. The van der Waals surface area contributed by atoms with Crippen LogP contribution in [0.4, 0.5) is 5.69 Å². The number of ether oxygens (including phenoxy) is 3. The maximum absolute atomic E-state index is 13.4. The summed E-state index contributed by atoms with van der Waals surface area (Å²) < 4.78 is 16.9. The number of amides is 1. The molecule has 0 atom stereocenters. The number of fused-ring (bicyclic) bond motifs is 1. The highest BCUT2D eigenvalue weighted by Crippen LogP contribution is 2.34. The van der Waals surface area contributed by atoms with Crippen LogP contribution in [0.25, 0.3) is 6.08 Å². The first-order chi connectivity index (χ1) is 15.1. The monoisotopic (exact) mass is 476 g/mol. The second kappa shape index (κ2) is 7.92. The summed E-state index contributed by atoms with van der Waals surface area (Å²) in [5.74, 6) is 2.43. The largest absolute Gasteiger partial charge is 0.497 e. The summed E-state index contributed by atoms with van der Waals surface area (Å²) in [6.07, 6.45) is 1.76. The van der Waals surface area contributed by atoms with Crippen LogP contribution in [0.15, 0.2) is 81.9 Å². The third-order valence-electron chi connectivity index (χ3n) is 4.97. The van der Waals surface area contributed by atoms with Crippen molar-refractivity contribution in [2.45, 2.75) is 0 Å². The van der Waals surface area contributed by atoms with E-state index in [0.717, 1.165) is 27.0 Å². The van der Waals surface area contributed by atoms with Crippen molar-refractivity contribution in [3.63, 3.8) is 0 Å². The van der Waals surface area contributed by atoms with Crippen LogP contribution in [-0.4, -0.2) is 25.6 Å². The third-order valence-corrected chi connectivity index (χ3v) is 5.47. The van der Waals surface area contributed by atoms with Crippen LogP contribution in [0.1, 0.15) is 11.1 Å². The van der Waals surface area contributed by atoms with Crippen LogP contribution in [0.3, 0.4) is 0 Å². The molecule has 0 aromatic heterocycles. The number of benzene rings is 3. The lowest BCUT2D eigenvalue weighted by atomic mass is 10.1. The minimum atomic E-state index is -0.207. The topological polar surface area (TPSA) is 60.4 Å². The number of rotatable bonds is 4. The van der Waals surface area contributed by atoms with Gasteiger partial charge in [-0.25, -0.2) is 4.99 Å². The van der Waals surface area contributed by atoms with Gasteiger partial charge in [-0.2, -0.15) is 0 Å². The van der Waals surface area contributed by atoms with Gasteiger partial charge in [0.15, 0.2) is 11.5 Å². The lowest BCUT2D eigenvalue weighted by Gasteiger charge is -2.19. The summed E-state index contributed by atoms with van der Waals surface area (Å²) in [6.45, 7) is 0.199. The maximum Gasteiger partial charge on any atom is 0.282 e. The van der Waals surface area contributed by atoms with Crippen LogP contribution in [0.2, 0.25) is 0 Å². The van der Waals surface area contributed by atoms with Gasteiger partial charge in [-0.15, -0.1) is 0 Å². The fourth-order valence-corrected chi connectivity index (χ4v) is 3.85. The summed E-state index contributed by atoms with van der Waals surface area (Å²) in [5, 5.41) is 0. The van der Waals surface area contributed by atoms with E-state index in [4.69, 9.17) is 19.2 Å². The third kappa shape index (κ3) is 3.68. The molecule has 5 rings (SSSR count). The van der Waals surface area contributed by atoms with E-state index in [1.54, 1.807) is 18.1 Å². The molecule has 0 fully saturated rings. The molecule has 6 nitrogen and oxygen atoms in total. The first-order valence-electron chi connectivity index (χ1n) is 9.57. The van der Waals surface area contributed by atoms with Gasteiger partial charge < -0.3 is 14.2 Å². The number of carbonyl (C=O) groups excluding carboxylic acids is 1. The molecule has 2 aliphatic heterocycles. The first-order valence-corrected chi connectivity index (χ1v) is 10.4. The average molecular weight is 477 g/mol. The van der Waals surface area contributed by atoms with E-state index in [1.165, 1.54) is 0 Å². The van der Waals surface area contributed by atoms with Crippen LogP contribution in [0, 0.1) is 0 Å². The maximum atomic E-state index is 13.4. The highest BCUT2D eigenvalue weighted by Gasteiger charge is 2.32. The van der Waals surface area contributed by atoms with E-state index in [2.05, 4.69) is 15.9 Å². The van der Waals surface area contributed by atoms with Crippen LogP contribution < -0.4 is 19.1 Å². The van der Waals surface area contributed by atoms with E-state index >= 15 is 0 Å². The molecule has 0 N–H and O–H groups in total. The van der Waals surface area contributed by atoms with Crippen molar-refractivity contribution in [1.29, 1.82) is 0 Å². The zero-order valence-electron chi connectivity index (χ0n) is 16.5. The minimum absolute atomic E-state index is 0.199. The molecule has 0 bridgehead atoms. The molecule has 0 unspecified atom stereocenters. The van der Waals surface area contributed by atoms with Crippen molar-refractivity contribution in [1.82, 2.24) is 0 Å². The van der Waals surface area contributed by atoms with Crippen LogP contribution in [-0.2, 0) is 4.79 Å². The summed E-state index contributed by atoms with van der Waals surface area (Å²) in [6, 6.07) is 20.6. The molecule has 0 saturated heterocycles. The van der Waals surface area contributed by atoms with E-state index in [-0.39, 0.29) is 12.7 Å². The summed E-state index contributed by atoms with van der Waals surface area (Å²) >= 11 is 3.49. The molecule has 0 spiro atoms. The SMILES string of the molecule is COc1ccc(C2=N/C(=C/c3ccc4c(c3)OCO4)C(=O)N2c2cccc(Br)c2)cc1. The summed E-state index contributed by atoms with van der Waals surface area (Å²) in [4.78, 5) is 19.7. The molecule has 3 aromatic carbocycles.